The van der Waals surface area contributed by atoms with Crippen LogP contribution in [0.25, 0.3) is 0 Å². The van der Waals surface area contributed by atoms with Gasteiger partial charge in [-0.2, -0.15) is 0 Å². The molecule has 0 aromatic heterocycles. The van der Waals surface area contributed by atoms with Crippen LogP contribution in [0.15, 0.2) is 24.3 Å². The minimum atomic E-state index is -0.638. The number of halogens is 2. The van der Waals surface area contributed by atoms with E-state index in [1.165, 1.54) is 19.2 Å². The summed E-state index contributed by atoms with van der Waals surface area (Å²) >= 11 is 0. The van der Waals surface area contributed by atoms with Crippen molar-refractivity contribution in [2.75, 3.05) is 13.7 Å². The normalized spacial score (nSPS) is 11.5. The number of hydrogen-bond donors (Lipinski definition) is 2. The number of hydrogen-bond acceptors (Lipinski definition) is 3. The highest BCUT2D eigenvalue weighted by Gasteiger charge is 2.14. The van der Waals surface area contributed by atoms with Crippen molar-refractivity contribution in [3.8, 4) is 0 Å². The van der Waals surface area contributed by atoms with Gasteiger partial charge < -0.3 is 15.8 Å². The van der Waals surface area contributed by atoms with Crippen LogP contribution in [0.3, 0.4) is 0 Å². The topological polar surface area (TPSA) is 64.3 Å². The standard InChI is InChI=1S/C11H15FN2O2.ClH/c1-16-10(6-13)11(15)14-7-8-2-4-9(12)5-3-8;/h2-5,10H,6-7,13H2,1H3,(H,14,15);1H. The number of nitrogens with one attached hydrogen (secondary N) is 1. The number of rotatable bonds is 5. The van der Waals surface area contributed by atoms with Crippen molar-refractivity contribution in [2.45, 2.75) is 12.6 Å². The largest absolute Gasteiger partial charge is 0.370 e. The fourth-order valence-electron chi connectivity index (χ4n) is 1.22. The highest BCUT2D eigenvalue weighted by Crippen LogP contribution is 2.02. The molecule has 17 heavy (non-hydrogen) atoms. The summed E-state index contributed by atoms with van der Waals surface area (Å²) in [6, 6.07) is 5.91. The summed E-state index contributed by atoms with van der Waals surface area (Å²) in [4.78, 5) is 11.5. The second kappa shape index (κ2) is 8.00. The first kappa shape index (κ1) is 15.8. The van der Waals surface area contributed by atoms with E-state index in [4.69, 9.17) is 10.5 Å². The number of methoxy groups -OCH3 is 1. The van der Waals surface area contributed by atoms with E-state index in [0.29, 0.717) is 6.54 Å². The van der Waals surface area contributed by atoms with E-state index in [1.807, 2.05) is 0 Å². The Bertz CT molecular complexity index is 342. The average Bonchev–Trinajstić information content (AvgIpc) is 2.30. The molecule has 0 aliphatic heterocycles. The number of carbonyl (C=O) groups excluding carboxylic acids is 1. The lowest BCUT2D eigenvalue weighted by Gasteiger charge is -2.12. The van der Waals surface area contributed by atoms with Crippen LogP contribution < -0.4 is 11.1 Å². The molecular weight excluding hydrogens is 247 g/mol. The first-order chi connectivity index (χ1) is 7.67. The Morgan fingerprint density at radius 2 is 2.06 bits per heavy atom. The molecule has 0 bridgehead atoms. The van der Waals surface area contributed by atoms with Crippen molar-refractivity contribution < 1.29 is 13.9 Å². The van der Waals surface area contributed by atoms with Gasteiger partial charge in [0.1, 0.15) is 11.9 Å². The van der Waals surface area contributed by atoms with Crippen molar-refractivity contribution in [2.24, 2.45) is 5.73 Å². The predicted octanol–water partition coefficient (Wildman–Crippen LogP) is 0.837. The minimum absolute atomic E-state index is 0. The van der Waals surface area contributed by atoms with Crippen LogP contribution in [-0.2, 0) is 16.1 Å². The third kappa shape index (κ3) is 5.12. The van der Waals surface area contributed by atoms with E-state index in [1.54, 1.807) is 12.1 Å². The SMILES string of the molecule is COC(CN)C(=O)NCc1ccc(F)cc1.Cl. The molecule has 0 saturated heterocycles. The van der Waals surface area contributed by atoms with Crippen LogP contribution in [0.1, 0.15) is 5.56 Å². The van der Waals surface area contributed by atoms with Crippen LogP contribution in [0, 0.1) is 5.82 Å². The molecule has 1 rings (SSSR count). The van der Waals surface area contributed by atoms with Gasteiger partial charge in [0.25, 0.3) is 5.91 Å². The zero-order valence-corrected chi connectivity index (χ0v) is 10.3. The molecule has 1 unspecified atom stereocenters. The second-order valence-electron chi connectivity index (χ2n) is 3.30. The van der Waals surface area contributed by atoms with Crippen LogP contribution in [0.5, 0.6) is 0 Å². The summed E-state index contributed by atoms with van der Waals surface area (Å²) in [6.07, 6.45) is -0.638. The van der Waals surface area contributed by atoms with Gasteiger partial charge in [0.15, 0.2) is 0 Å². The van der Waals surface area contributed by atoms with Crippen molar-refractivity contribution in [1.82, 2.24) is 5.32 Å². The van der Waals surface area contributed by atoms with E-state index < -0.39 is 6.10 Å². The van der Waals surface area contributed by atoms with Crippen LogP contribution in [0.4, 0.5) is 4.39 Å². The maximum atomic E-state index is 12.6. The van der Waals surface area contributed by atoms with E-state index in [9.17, 15) is 9.18 Å². The molecule has 6 heteroatoms. The highest BCUT2D eigenvalue weighted by atomic mass is 35.5. The Balaban J connectivity index is 0.00000256. The lowest BCUT2D eigenvalue weighted by atomic mass is 10.2. The van der Waals surface area contributed by atoms with E-state index in [-0.39, 0.29) is 30.7 Å². The number of nitrogens with two attached hydrogens (primary N) is 1. The highest BCUT2D eigenvalue weighted by molar-refractivity contribution is 5.85. The number of carbonyl (C=O) groups is 1. The fourth-order valence-corrected chi connectivity index (χ4v) is 1.22. The number of benzene rings is 1. The Morgan fingerprint density at radius 1 is 1.47 bits per heavy atom. The van der Waals surface area contributed by atoms with Gasteiger partial charge in [-0.25, -0.2) is 4.39 Å². The van der Waals surface area contributed by atoms with Gasteiger partial charge in [-0.05, 0) is 17.7 Å². The lowest BCUT2D eigenvalue weighted by Crippen LogP contribution is -2.40. The molecule has 4 nitrogen and oxygen atoms in total. The summed E-state index contributed by atoms with van der Waals surface area (Å²) in [5, 5.41) is 2.65. The Kier molecular flexibility index (Phi) is 7.45. The maximum absolute atomic E-state index is 12.6. The van der Waals surface area contributed by atoms with Crippen LogP contribution >= 0.6 is 12.4 Å². The summed E-state index contributed by atoms with van der Waals surface area (Å²) in [7, 11) is 1.43. The number of ether oxygens (including phenoxy) is 1. The van der Waals surface area contributed by atoms with Crippen molar-refractivity contribution >= 4 is 18.3 Å². The van der Waals surface area contributed by atoms with Crippen molar-refractivity contribution in [3.63, 3.8) is 0 Å². The van der Waals surface area contributed by atoms with Gasteiger partial charge in [0.2, 0.25) is 0 Å². The predicted molar refractivity (Wildman–Crippen MR) is 65.3 cm³/mol. The molecule has 1 aromatic carbocycles. The molecule has 1 atom stereocenters. The third-order valence-corrected chi connectivity index (χ3v) is 2.17. The average molecular weight is 263 g/mol. The molecule has 3 N–H and O–H groups in total. The van der Waals surface area contributed by atoms with Crippen LogP contribution in [0.2, 0.25) is 0 Å². The zero-order chi connectivity index (χ0) is 12.0. The zero-order valence-electron chi connectivity index (χ0n) is 9.48. The lowest BCUT2D eigenvalue weighted by molar-refractivity contribution is -0.130. The van der Waals surface area contributed by atoms with Gasteiger partial charge in [0.05, 0.1) is 0 Å². The molecule has 0 radical (unpaired) electrons. The quantitative estimate of drug-likeness (QED) is 0.826. The summed E-state index contributed by atoms with van der Waals surface area (Å²) in [6.45, 7) is 0.463. The molecule has 1 aromatic rings. The van der Waals surface area contributed by atoms with Gasteiger partial charge in [0, 0.05) is 20.2 Å². The number of amides is 1. The van der Waals surface area contributed by atoms with E-state index >= 15 is 0 Å². The summed E-state index contributed by atoms with van der Waals surface area (Å²) in [5.41, 5.74) is 6.16. The Hall–Kier alpha value is -1.17. The van der Waals surface area contributed by atoms with Crippen molar-refractivity contribution in [1.29, 1.82) is 0 Å². The molecule has 0 fully saturated rings. The maximum Gasteiger partial charge on any atom is 0.250 e. The molecule has 0 saturated carbocycles. The summed E-state index contributed by atoms with van der Waals surface area (Å²) in [5.74, 6) is -0.568. The molecule has 0 aliphatic rings. The summed E-state index contributed by atoms with van der Waals surface area (Å²) < 4.78 is 17.5. The van der Waals surface area contributed by atoms with Gasteiger partial charge >= 0.3 is 0 Å². The first-order valence-electron chi connectivity index (χ1n) is 4.92. The Labute approximate surface area is 106 Å². The van der Waals surface area contributed by atoms with Gasteiger partial charge in [-0.1, -0.05) is 12.1 Å². The van der Waals surface area contributed by atoms with Crippen molar-refractivity contribution in [3.05, 3.63) is 35.6 Å². The van der Waals surface area contributed by atoms with Crippen LogP contribution in [-0.4, -0.2) is 25.7 Å². The van der Waals surface area contributed by atoms with E-state index in [2.05, 4.69) is 5.32 Å². The molecule has 0 heterocycles. The third-order valence-electron chi connectivity index (χ3n) is 2.17. The van der Waals surface area contributed by atoms with Gasteiger partial charge in [-0.3, -0.25) is 4.79 Å². The smallest absolute Gasteiger partial charge is 0.250 e. The van der Waals surface area contributed by atoms with E-state index in [0.717, 1.165) is 5.56 Å². The molecular formula is C11H16ClFN2O2. The molecule has 1 amide bonds. The Morgan fingerprint density at radius 3 is 2.53 bits per heavy atom. The second-order valence-corrected chi connectivity index (χ2v) is 3.30. The minimum Gasteiger partial charge on any atom is -0.370 e. The monoisotopic (exact) mass is 262 g/mol. The first-order valence-corrected chi connectivity index (χ1v) is 4.92. The fraction of sp³-hybridized carbons (Fsp3) is 0.364. The molecule has 0 aliphatic carbocycles. The van der Waals surface area contributed by atoms with Gasteiger partial charge in [-0.15, -0.1) is 12.4 Å². The molecule has 96 valence electrons. The molecule has 0 spiro atoms.